The molecule has 0 bridgehead atoms. The van der Waals surface area contributed by atoms with Crippen LogP contribution in [0.4, 0.5) is 5.69 Å². The summed E-state index contributed by atoms with van der Waals surface area (Å²) in [5.74, 6) is 0.0646. The number of aromatic hydroxyl groups is 1. The minimum atomic E-state index is 0.0420. The van der Waals surface area contributed by atoms with E-state index in [-0.39, 0.29) is 11.8 Å². The Labute approximate surface area is 133 Å². The minimum Gasteiger partial charge on any atom is -0.506 e. The third kappa shape index (κ3) is 3.51. The standard InChI is InChI=1S/C15H14Cl3NO/c1-2-14(11-5-3-9(16)7-12(11)17)19-10-4-6-15(20)13(18)8-10/h3-8,14,19-20H,2H2,1H3. The summed E-state index contributed by atoms with van der Waals surface area (Å²) in [6.07, 6.45) is 0.847. The van der Waals surface area contributed by atoms with Gasteiger partial charge in [0.2, 0.25) is 0 Å². The molecule has 0 aliphatic heterocycles. The van der Waals surface area contributed by atoms with E-state index in [1.807, 2.05) is 12.1 Å². The van der Waals surface area contributed by atoms with Gasteiger partial charge >= 0.3 is 0 Å². The van der Waals surface area contributed by atoms with Crippen LogP contribution >= 0.6 is 34.8 Å². The van der Waals surface area contributed by atoms with E-state index in [0.717, 1.165) is 17.7 Å². The van der Waals surface area contributed by atoms with Crippen LogP contribution in [0.3, 0.4) is 0 Å². The van der Waals surface area contributed by atoms with E-state index < -0.39 is 0 Å². The third-order valence-electron chi connectivity index (χ3n) is 3.03. The molecule has 0 aromatic heterocycles. The number of anilines is 1. The lowest BCUT2D eigenvalue weighted by atomic mass is 10.0. The summed E-state index contributed by atoms with van der Waals surface area (Å²) in [4.78, 5) is 0. The Bertz CT molecular complexity index is 616. The highest BCUT2D eigenvalue weighted by Gasteiger charge is 2.13. The van der Waals surface area contributed by atoms with Crippen molar-refractivity contribution in [1.29, 1.82) is 0 Å². The van der Waals surface area contributed by atoms with Gasteiger partial charge in [0.1, 0.15) is 5.75 Å². The van der Waals surface area contributed by atoms with E-state index in [2.05, 4.69) is 12.2 Å². The van der Waals surface area contributed by atoms with Gasteiger partial charge in [-0.05, 0) is 42.3 Å². The molecule has 0 saturated heterocycles. The molecule has 2 N–H and O–H groups in total. The summed E-state index contributed by atoms with van der Waals surface area (Å²) in [6, 6.07) is 10.5. The number of halogens is 3. The summed E-state index contributed by atoms with van der Waals surface area (Å²) < 4.78 is 0. The number of phenolic OH excluding ortho intramolecular Hbond substituents is 1. The fourth-order valence-electron chi connectivity index (χ4n) is 1.98. The van der Waals surface area contributed by atoms with Crippen molar-refractivity contribution in [2.24, 2.45) is 0 Å². The van der Waals surface area contributed by atoms with Gasteiger partial charge in [-0.2, -0.15) is 0 Å². The fourth-order valence-corrected chi connectivity index (χ4v) is 2.70. The first-order valence-corrected chi connectivity index (χ1v) is 7.34. The number of hydrogen-bond acceptors (Lipinski definition) is 2. The van der Waals surface area contributed by atoms with E-state index in [4.69, 9.17) is 34.8 Å². The van der Waals surface area contributed by atoms with Crippen molar-refractivity contribution in [3.05, 3.63) is 57.0 Å². The normalized spacial score (nSPS) is 12.2. The highest BCUT2D eigenvalue weighted by molar-refractivity contribution is 6.35. The van der Waals surface area contributed by atoms with Gasteiger partial charge < -0.3 is 10.4 Å². The van der Waals surface area contributed by atoms with Crippen LogP contribution < -0.4 is 5.32 Å². The topological polar surface area (TPSA) is 32.3 Å². The molecular formula is C15H14Cl3NO. The van der Waals surface area contributed by atoms with Gasteiger partial charge in [-0.25, -0.2) is 0 Å². The predicted octanol–water partition coefficient (Wildman–Crippen LogP) is 5.92. The SMILES string of the molecule is CCC(Nc1ccc(O)c(Cl)c1)c1ccc(Cl)cc1Cl. The Morgan fingerprint density at radius 2 is 1.80 bits per heavy atom. The van der Waals surface area contributed by atoms with E-state index in [0.29, 0.717) is 15.1 Å². The maximum absolute atomic E-state index is 9.43. The first-order valence-electron chi connectivity index (χ1n) is 6.21. The van der Waals surface area contributed by atoms with Crippen LogP contribution in [0.5, 0.6) is 5.75 Å². The fraction of sp³-hybridized carbons (Fsp3) is 0.200. The van der Waals surface area contributed by atoms with Gasteiger partial charge in [-0.1, -0.05) is 47.8 Å². The zero-order chi connectivity index (χ0) is 14.7. The monoisotopic (exact) mass is 329 g/mol. The molecule has 0 aliphatic carbocycles. The number of phenols is 1. The highest BCUT2D eigenvalue weighted by Crippen LogP contribution is 2.32. The van der Waals surface area contributed by atoms with E-state index in [1.165, 1.54) is 0 Å². The lowest BCUT2D eigenvalue weighted by Gasteiger charge is -2.20. The maximum Gasteiger partial charge on any atom is 0.134 e. The van der Waals surface area contributed by atoms with Crippen molar-refractivity contribution in [2.75, 3.05) is 5.32 Å². The molecule has 0 aliphatic rings. The number of nitrogens with one attached hydrogen (secondary N) is 1. The average Bonchev–Trinajstić information content (AvgIpc) is 2.41. The van der Waals surface area contributed by atoms with Crippen LogP contribution in [-0.2, 0) is 0 Å². The molecule has 1 atom stereocenters. The van der Waals surface area contributed by atoms with Crippen molar-refractivity contribution < 1.29 is 5.11 Å². The van der Waals surface area contributed by atoms with Gasteiger partial charge in [0.25, 0.3) is 0 Å². The second-order valence-electron chi connectivity index (χ2n) is 4.44. The second kappa shape index (κ2) is 6.57. The van der Waals surface area contributed by atoms with Crippen LogP contribution in [0.15, 0.2) is 36.4 Å². The minimum absolute atomic E-state index is 0.0420. The molecule has 2 rings (SSSR count). The molecule has 0 saturated carbocycles. The summed E-state index contributed by atoms with van der Waals surface area (Å²) >= 11 is 18.1. The van der Waals surface area contributed by atoms with Crippen LogP contribution in [-0.4, -0.2) is 5.11 Å². The van der Waals surface area contributed by atoms with Gasteiger partial charge in [0, 0.05) is 15.7 Å². The molecule has 2 aromatic rings. The Hall–Kier alpha value is -1.09. The second-order valence-corrected chi connectivity index (χ2v) is 5.69. The van der Waals surface area contributed by atoms with E-state index in [1.54, 1.807) is 24.3 Å². The van der Waals surface area contributed by atoms with Crippen LogP contribution in [0.25, 0.3) is 0 Å². The quantitative estimate of drug-likeness (QED) is 0.682. The molecule has 2 aromatic carbocycles. The Morgan fingerprint density at radius 1 is 1.05 bits per heavy atom. The lowest BCUT2D eigenvalue weighted by molar-refractivity contribution is 0.475. The van der Waals surface area contributed by atoms with Crippen LogP contribution in [0.1, 0.15) is 24.9 Å². The van der Waals surface area contributed by atoms with Crippen LogP contribution in [0, 0.1) is 0 Å². The third-order valence-corrected chi connectivity index (χ3v) is 3.90. The first kappa shape index (κ1) is 15.3. The van der Waals surface area contributed by atoms with E-state index in [9.17, 15) is 5.11 Å². The lowest BCUT2D eigenvalue weighted by Crippen LogP contribution is -2.10. The van der Waals surface area contributed by atoms with Crippen molar-refractivity contribution in [2.45, 2.75) is 19.4 Å². The van der Waals surface area contributed by atoms with Crippen molar-refractivity contribution >= 4 is 40.5 Å². The van der Waals surface area contributed by atoms with Crippen LogP contribution in [0.2, 0.25) is 15.1 Å². The van der Waals surface area contributed by atoms with Gasteiger partial charge in [-0.15, -0.1) is 0 Å². The average molecular weight is 331 g/mol. The van der Waals surface area contributed by atoms with Gasteiger partial charge in [-0.3, -0.25) is 0 Å². The maximum atomic E-state index is 9.43. The Morgan fingerprint density at radius 3 is 2.40 bits per heavy atom. The molecule has 1 unspecified atom stereocenters. The van der Waals surface area contributed by atoms with Gasteiger partial charge in [0.15, 0.2) is 0 Å². The Balaban J connectivity index is 2.26. The molecule has 0 amide bonds. The molecular weight excluding hydrogens is 317 g/mol. The molecule has 0 spiro atoms. The zero-order valence-electron chi connectivity index (χ0n) is 10.8. The van der Waals surface area contributed by atoms with Crippen molar-refractivity contribution in [1.82, 2.24) is 0 Å². The molecule has 20 heavy (non-hydrogen) atoms. The molecule has 0 heterocycles. The Kier molecular flexibility index (Phi) is 5.03. The molecule has 5 heteroatoms. The molecule has 106 valence electrons. The van der Waals surface area contributed by atoms with Gasteiger partial charge in [0.05, 0.1) is 11.1 Å². The summed E-state index contributed by atoms with van der Waals surface area (Å²) in [5.41, 5.74) is 1.80. The van der Waals surface area contributed by atoms with Crippen molar-refractivity contribution in [3.63, 3.8) is 0 Å². The zero-order valence-corrected chi connectivity index (χ0v) is 13.1. The predicted molar refractivity (Wildman–Crippen MR) is 86.2 cm³/mol. The molecule has 0 fully saturated rings. The van der Waals surface area contributed by atoms with E-state index >= 15 is 0 Å². The molecule has 2 nitrogen and oxygen atoms in total. The van der Waals surface area contributed by atoms with Crippen molar-refractivity contribution in [3.8, 4) is 5.75 Å². The smallest absolute Gasteiger partial charge is 0.134 e. The summed E-state index contributed by atoms with van der Waals surface area (Å²) in [6.45, 7) is 2.06. The largest absolute Gasteiger partial charge is 0.506 e. The summed E-state index contributed by atoms with van der Waals surface area (Å²) in [5, 5.41) is 14.3. The summed E-state index contributed by atoms with van der Waals surface area (Å²) in [7, 11) is 0. The number of hydrogen-bond donors (Lipinski definition) is 2. The first-order chi connectivity index (χ1) is 9.51. The number of benzene rings is 2. The molecule has 0 radical (unpaired) electrons. The number of rotatable bonds is 4. The highest BCUT2D eigenvalue weighted by atomic mass is 35.5.